The Kier molecular flexibility index (Phi) is 5.20. The van der Waals surface area contributed by atoms with Crippen LogP contribution in [0.1, 0.15) is 29.3 Å². The summed E-state index contributed by atoms with van der Waals surface area (Å²) in [4.78, 5) is 39.7. The Hall–Kier alpha value is -2.50. The van der Waals surface area contributed by atoms with Crippen LogP contribution in [0.15, 0.2) is 48.5 Å². The number of imide groups is 1. The molecule has 0 aliphatic carbocycles. The number of nitrogens with zero attached hydrogens (tertiary/aromatic N) is 2. The third kappa shape index (κ3) is 3.69. The van der Waals surface area contributed by atoms with Gasteiger partial charge in [0.25, 0.3) is 5.91 Å². The Morgan fingerprint density at radius 1 is 1.19 bits per heavy atom. The normalized spacial score (nSPS) is 17.2. The van der Waals surface area contributed by atoms with Gasteiger partial charge in [0.1, 0.15) is 0 Å². The predicted octanol–water partition coefficient (Wildman–Crippen LogP) is 3.31. The smallest absolute Gasteiger partial charge is 0.251 e. The third-order valence-corrected chi connectivity index (χ3v) is 4.74. The lowest BCUT2D eigenvalue weighted by atomic mass is 10.1. The van der Waals surface area contributed by atoms with Crippen LogP contribution in [0.2, 0.25) is 5.02 Å². The summed E-state index contributed by atoms with van der Waals surface area (Å²) in [6.07, 6.45) is 0.129. The van der Waals surface area contributed by atoms with Gasteiger partial charge in [0.2, 0.25) is 5.91 Å². The van der Waals surface area contributed by atoms with Crippen molar-refractivity contribution in [3.05, 3.63) is 64.7 Å². The molecule has 2 aromatic carbocycles. The third-order valence-electron chi connectivity index (χ3n) is 4.51. The van der Waals surface area contributed by atoms with Crippen molar-refractivity contribution < 1.29 is 14.4 Å². The van der Waals surface area contributed by atoms with Crippen molar-refractivity contribution in [2.24, 2.45) is 0 Å². The summed E-state index contributed by atoms with van der Waals surface area (Å²) in [5, 5.41) is 0.636. The second-order valence-electron chi connectivity index (χ2n) is 6.44. The molecule has 1 atom stereocenters. The summed E-state index contributed by atoms with van der Waals surface area (Å²) in [5.74, 6) is -0.557. The first kappa shape index (κ1) is 18.3. The Labute approximate surface area is 157 Å². The van der Waals surface area contributed by atoms with Crippen LogP contribution in [0.25, 0.3) is 0 Å². The van der Waals surface area contributed by atoms with E-state index in [1.165, 1.54) is 11.8 Å². The van der Waals surface area contributed by atoms with Crippen molar-refractivity contribution in [2.45, 2.75) is 25.9 Å². The first-order valence-electron chi connectivity index (χ1n) is 8.29. The molecule has 2 aromatic rings. The average Bonchev–Trinajstić information content (AvgIpc) is 2.89. The highest BCUT2D eigenvalue weighted by Gasteiger charge is 2.41. The van der Waals surface area contributed by atoms with Crippen LogP contribution in [0.5, 0.6) is 0 Å². The molecule has 0 unspecified atom stereocenters. The van der Waals surface area contributed by atoms with E-state index in [1.54, 1.807) is 30.3 Å². The maximum Gasteiger partial charge on any atom is 0.251 e. The molecule has 6 heteroatoms. The molecule has 1 aliphatic rings. The van der Waals surface area contributed by atoms with E-state index in [2.05, 4.69) is 0 Å². The largest absolute Gasteiger partial charge is 0.295 e. The molecule has 1 saturated heterocycles. The van der Waals surface area contributed by atoms with Crippen LogP contribution < -0.4 is 4.90 Å². The van der Waals surface area contributed by atoms with E-state index in [1.807, 2.05) is 30.1 Å². The van der Waals surface area contributed by atoms with E-state index in [4.69, 9.17) is 11.6 Å². The number of amides is 2. The molecule has 2 amide bonds. The number of ketones is 1. The zero-order chi connectivity index (χ0) is 18.8. The average molecular weight is 371 g/mol. The fourth-order valence-electron chi connectivity index (χ4n) is 3.11. The minimum Gasteiger partial charge on any atom is -0.295 e. The van der Waals surface area contributed by atoms with Crippen LogP contribution in [0.3, 0.4) is 0 Å². The highest BCUT2D eigenvalue weighted by molar-refractivity contribution is 6.30. The van der Waals surface area contributed by atoms with Crippen LogP contribution in [0, 0.1) is 0 Å². The van der Waals surface area contributed by atoms with E-state index < -0.39 is 6.04 Å². The first-order chi connectivity index (χ1) is 12.4. The number of halogens is 1. The number of rotatable bonds is 5. The fraction of sp³-hybridized carbons (Fsp3) is 0.250. The van der Waals surface area contributed by atoms with Crippen molar-refractivity contribution in [3.8, 4) is 0 Å². The lowest BCUT2D eigenvalue weighted by Gasteiger charge is -2.23. The van der Waals surface area contributed by atoms with Gasteiger partial charge in [-0.3, -0.25) is 19.3 Å². The molecule has 134 valence electrons. The summed E-state index contributed by atoms with van der Waals surface area (Å²) < 4.78 is 0. The molecule has 0 radical (unpaired) electrons. The van der Waals surface area contributed by atoms with E-state index in [0.29, 0.717) is 22.8 Å². The van der Waals surface area contributed by atoms with Gasteiger partial charge >= 0.3 is 0 Å². The number of benzene rings is 2. The minimum atomic E-state index is -0.519. The number of Topliss-reactive ketones (excluding diaryl/α,β-unsaturated/α-hetero) is 1. The van der Waals surface area contributed by atoms with Gasteiger partial charge in [-0.2, -0.15) is 0 Å². The van der Waals surface area contributed by atoms with E-state index in [9.17, 15) is 14.4 Å². The van der Waals surface area contributed by atoms with Crippen molar-refractivity contribution in [3.63, 3.8) is 0 Å². The highest BCUT2D eigenvalue weighted by atomic mass is 35.5. The lowest BCUT2D eigenvalue weighted by molar-refractivity contribution is -0.122. The topological polar surface area (TPSA) is 57.7 Å². The molecule has 3 rings (SSSR count). The molecule has 1 aliphatic heterocycles. The van der Waals surface area contributed by atoms with Gasteiger partial charge in [-0.15, -0.1) is 0 Å². The van der Waals surface area contributed by atoms with Crippen LogP contribution >= 0.6 is 11.6 Å². The predicted molar refractivity (Wildman–Crippen MR) is 100 cm³/mol. The lowest BCUT2D eigenvalue weighted by Crippen LogP contribution is -2.39. The molecule has 0 spiro atoms. The maximum absolute atomic E-state index is 12.8. The zero-order valence-corrected chi connectivity index (χ0v) is 15.4. The summed E-state index contributed by atoms with van der Waals surface area (Å²) in [6, 6.07) is 13.4. The first-order valence-corrected chi connectivity index (χ1v) is 8.67. The van der Waals surface area contributed by atoms with E-state index >= 15 is 0 Å². The number of carbonyl (C=O) groups is 3. The molecular formula is C20H19ClN2O3. The molecule has 0 bridgehead atoms. The molecule has 1 fully saturated rings. The standard InChI is InChI=1S/C20H19ClN2O3/c1-13(24)15-6-8-17(9-7-15)23-19(25)11-18(20(23)26)22(2)12-14-4-3-5-16(21)10-14/h3-10,18H,11-12H2,1-2H3/t18-/m0/s1. The molecule has 26 heavy (non-hydrogen) atoms. The van der Waals surface area contributed by atoms with E-state index in [-0.39, 0.29) is 24.0 Å². The maximum atomic E-state index is 12.8. The van der Waals surface area contributed by atoms with Crippen LogP contribution in [0.4, 0.5) is 5.69 Å². The zero-order valence-electron chi connectivity index (χ0n) is 14.6. The number of anilines is 1. The van der Waals surface area contributed by atoms with Gasteiger partial charge in [-0.25, -0.2) is 4.90 Å². The van der Waals surface area contributed by atoms with Crippen molar-refractivity contribution >= 4 is 34.9 Å². The Morgan fingerprint density at radius 3 is 2.50 bits per heavy atom. The van der Waals surface area contributed by atoms with E-state index in [0.717, 1.165) is 5.56 Å². The summed E-state index contributed by atoms with van der Waals surface area (Å²) in [5.41, 5.74) is 2.01. The highest BCUT2D eigenvalue weighted by Crippen LogP contribution is 2.26. The second-order valence-corrected chi connectivity index (χ2v) is 6.87. The van der Waals surface area contributed by atoms with Gasteiger partial charge < -0.3 is 0 Å². The number of hydrogen-bond donors (Lipinski definition) is 0. The van der Waals surface area contributed by atoms with Gasteiger partial charge in [0.05, 0.1) is 18.2 Å². The summed E-state index contributed by atoms with van der Waals surface area (Å²) in [6.45, 7) is 1.99. The van der Waals surface area contributed by atoms with Crippen molar-refractivity contribution in [2.75, 3.05) is 11.9 Å². The number of hydrogen-bond acceptors (Lipinski definition) is 4. The van der Waals surface area contributed by atoms with Gasteiger partial charge in [0.15, 0.2) is 5.78 Å². The molecule has 0 saturated carbocycles. The van der Waals surface area contributed by atoms with Crippen LogP contribution in [-0.2, 0) is 16.1 Å². The minimum absolute atomic E-state index is 0.0604. The summed E-state index contributed by atoms with van der Waals surface area (Å²) >= 11 is 6.01. The molecule has 5 nitrogen and oxygen atoms in total. The second kappa shape index (κ2) is 7.40. The quantitative estimate of drug-likeness (QED) is 0.598. The summed E-state index contributed by atoms with van der Waals surface area (Å²) in [7, 11) is 1.82. The van der Waals surface area contributed by atoms with Gasteiger partial charge in [-0.1, -0.05) is 23.7 Å². The molecular weight excluding hydrogens is 352 g/mol. The molecule has 0 N–H and O–H groups in total. The fourth-order valence-corrected chi connectivity index (χ4v) is 3.32. The number of likely N-dealkylation sites (N-methyl/N-ethyl adjacent to an activating group) is 1. The van der Waals surface area contributed by atoms with Gasteiger partial charge in [0, 0.05) is 17.1 Å². The molecule has 0 aromatic heterocycles. The Morgan fingerprint density at radius 2 is 1.88 bits per heavy atom. The van der Waals surface area contributed by atoms with Crippen LogP contribution in [-0.4, -0.2) is 35.6 Å². The SMILES string of the molecule is CC(=O)c1ccc(N2C(=O)C[C@H](N(C)Cc3cccc(Cl)c3)C2=O)cc1. The van der Waals surface area contributed by atoms with Gasteiger partial charge in [-0.05, 0) is 55.9 Å². The monoisotopic (exact) mass is 370 g/mol. The number of carbonyl (C=O) groups excluding carboxylic acids is 3. The van der Waals surface area contributed by atoms with Crippen molar-refractivity contribution in [1.82, 2.24) is 4.90 Å². The van der Waals surface area contributed by atoms with Crippen molar-refractivity contribution in [1.29, 1.82) is 0 Å². The Balaban J connectivity index is 1.76. The Bertz CT molecular complexity index is 864. The molecule has 1 heterocycles.